The predicted molar refractivity (Wildman–Crippen MR) is 103 cm³/mol. The summed E-state index contributed by atoms with van der Waals surface area (Å²) in [4.78, 5) is 36.8. The first kappa shape index (κ1) is 19.5. The van der Waals surface area contributed by atoms with Gasteiger partial charge in [-0.05, 0) is 24.1 Å². The van der Waals surface area contributed by atoms with Gasteiger partial charge in [0.15, 0.2) is 11.6 Å². The molecule has 0 fully saturated rings. The molecular formula is C20H17NO6S. The number of ketones is 2. The fourth-order valence-corrected chi connectivity index (χ4v) is 3.66. The average molecular weight is 399 g/mol. The van der Waals surface area contributed by atoms with Gasteiger partial charge in [-0.15, -0.1) is 0 Å². The van der Waals surface area contributed by atoms with E-state index in [-0.39, 0.29) is 41.0 Å². The van der Waals surface area contributed by atoms with Crippen LogP contribution in [0, 0.1) is 0 Å². The monoisotopic (exact) mass is 399 g/mol. The van der Waals surface area contributed by atoms with Gasteiger partial charge in [-0.1, -0.05) is 36.4 Å². The number of nitrogens with one attached hydrogen (secondary N) is 1. The third-order valence-electron chi connectivity index (χ3n) is 4.54. The second-order valence-corrected chi connectivity index (χ2v) is 7.16. The maximum absolute atomic E-state index is 13.1. The van der Waals surface area contributed by atoms with E-state index in [4.69, 9.17) is 5.11 Å². The van der Waals surface area contributed by atoms with E-state index in [0.717, 1.165) is 0 Å². The third kappa shape index (κ3) is 3.86. The van der Waals surface area contributed by atoms with Crippen LogP contribution in [0.3, 0.4) is 0 Å². The van der Waals surface area contributed by atoms with Crippen molar-refractivity contribution in [2.45, 2.75) is 19.8 Å². The molecule has 2 aromatic rings. The molecule has 0 saturated carbocycles. The first-order chi connectivity index (χ1) is 13.3. The minimum absolute atomic E-state index is 0.0361. The van der Waals surface area contributed by atoms with Gasteiger partial charge in [-0.2, -0.15) is 0 Å². The Balaban J connectivity index is 2.02. The van der Waals surface area contributed by atoms with Crippen LogP contribution in [-0.4, -0.2) is 31.1 Å². The van der Waals surface area contributed by atoms with Crippen molar-refractivity contribution in [2.24, 2.45) is 0 Å². The zero-order chi connectivity index (χ0) is 20.4. The largest absolute Gasteiger partial charge is 0.481 e. The molecule has 28 heavy (non-hydrogen) atoms. The van der Waals surface area contributed by atoms with Crippen LogP contribution in [0.2, 0.25) is 0 Å². The highest BCUT2D eigenvalue weighted by Crippen LogP contribution is 2.33. The van der Waals surface area contributed by atoms with E-state index >= 15 is 0 Å². The number of thiol groups is 1. The van der Waals surface area contributed by atoms with Crippen molar-refractivity contribution >= 4 is 34.1 Å². The smallest absolute Gasteiger partial charge is 0.307 e. The molecule has 0 aromatic heterocycles. The van der Waals surface area contributed by atoms with Gasteiger partial charge in [0, 0.05) is 23.1 Å². The number of anilines is 1. The molecule has 0 atom stereocenters. The van der Waals surface area contributed by atoms with Crippen LogP contribution in [0.4, 0.5) is 5.69 Å². The molecule has 2 aromatic carbocycles. The van der Waals surface area contributed by atoms with Crippen LogP contribution < -0.4 is 4.72 Å². The molecule has 8 heteroatoms. The number of carbonyl (C=O) groups is 3. The lowest BCUT2D eigenvalue weighted by molar-refractivity contribution is -0.136. The van der Waals surface area contributed by atoms with Gasteiger partial charge in [0.25, 0.3) is 0 Å². The van der Waals surface area contributed by atoms with Gasteiger partial charge in [0.1, 0.15) is 0 Å². The maximum atomic E-state index is 13.1. The zero-order valence-electron chi connectivity index (χ0n) is 14.9. The number of hydrogen-bond donors (Lipinski definition) is 3. The Hall–Kier alpha value is -3.26. The molecule has 3 rings (SSSR count). The fraction of sp³-hybridized carbons (Fsp3) is 0.150. The van der Waals surface area contributed by atoms with Crippen molar-refractivity contribution in [3.63, 3.8) is 0 Å². The average Bonchev–Trinajstić information content (AvgIpc) is 2.62. The molecule has 1 aliphatic carbocycles. The maximum Gasteiger partial charge on any atom is 0.307 e. The summed E-state index contributed by atoms with van der Waals surface area (Å²) in [7, 11) is -3.00. The van der Waals surface area contributed by atoms with E-state index in [1.807, 2.05) is 0 Å². The first-order valence-electron chi connectivity index (χ1n) is 8.40. The normalized spacial score (nSPS) is 13.6. The van der Waals surface area contributed by atoms with Crippen LogP contribution in [-0.2, 0) is 28.5 Å². The second-order valence-electron chi connectivity index (χ2n) is 6.43. The molecule has 2 N–H and O–H groups in total. The van der Waals surface area contributed by atoms with Gasteiger partial charge in [0.05, 0.1) is 17.7 Å². The quantitative estimate of drug-likeness (QED) is 0.641. The Labute approximate surface area is 162 Å². The Bertz CT molecular complexity index is 1110. The summed E-state index contributed by atoms with van der Waals surface area (Å²) in [5.41, 5.74) is 2.10. The molecule has 0 aliphatic heterocycles. The van der Waals surface area contributed by atoms with Crippen molar-refractivity contribution < 1.29 is 27.9 Å². The number of Topliss-reactive ketones (excluding diaryl/α,β-unsaturated/α-hetero) is 2. The van der Waals surface area contributed by atoms with E-state index < -0.39 is 22.6 Å². The van der Waals surface area contributed by atoms with E-state index in [1.165, 1.54) is 18.2 Å². The van der Waals surface area contributed by atoms with Crippen molar-refractivity contribution in [1.82, 2.24) is 0 Å². The highest BCUT2D eigenvalue weighted by molar-refractivity contribution is 7.73. The van der Waals surface area contributed by atoms with Crippen LogP contribution >= 0.6 is 0 Å². The number of carbonyl (C=O) groups excluding carboxylic acids is 2. The van der Waals surface area contributed by atoms with Gasteiger partial charge >= 0.3 is 5.97 Å². The van der Waals surface area contributed by atoms with E-state index in [0.29, 0.717) is 16.7 Å². The third-order valence-corrected chi connectivity index (χ3v) is 4.97. The standard InChI is InChI=1S/C20H17NO6S/c1-11-15(9-12-4-2-5-13(8-12)10-17(22)23)20(25)18-14(19(11)24)6-3-7-16(18)21-28(26)27/h2-8,28H,9-10H2,1H3,(H,22,23)(H,21,26,27). The molecule has 0 radical (unpaired) electrons. The SMILES string of the molecule is CC1=C(Cc2cccc(CC(=O)O)c2)C(=O)c2c(N[SH](=O)=O)cccc2C1=O. The second kappa shape index (κ2) is 7.77. The van der Waals surface area contributed by atoms with Crippen molar-refractivity contribution in [2.75, 3.05) is 4.72 Å². The number of carboxylic acid groups (broad SMARTS) is 1. The van der Waals surface area contributed by atoms with Crippen molar-refractivity contribution in [3.8, 4) is 0 Å². The van der Waals surface area contributed by atoms with Crippen molar-refractivity contribution in [3.05, 3.63) is 75.9 Å². The molecular weight excluding hydrogens is 382 g/mol. The molecule has 0 spiro atoms. The first-order valence-corrected chi connectivity index (χ1v) is 9.58. The van der Waals surface area contributed by atoms with Gasteiger partial charge < -0.3 is 5.11 Å². The van der Waals surface area contributed by atoms with E-state index in [2.05, 4.69) is 4.72 Å². The van der Waals surface area contributed by atoms with E-state index in [9.17, 15) is 22.8 Å². The van der Waals surface area contributed by atoms with Gasteiger partial charge in [-0.25, -0.2) is 8.42 Å². The van der Waals surface area contributed by atoms with Crippen LogP contribution in [0.15, 0.2) is 53.6 Å². The number of allylic oxidation sites excluding steroid dienone is 2. The highest BCUT2D eigenvalue weighted by atomic mass is 32.2. The number of rotatable bonds is 6. The molecule has 0 heterocycles. The molecule has 1 aliphatic rings. The minimum atomic E-state index is -3.00. The Morgan fingerprint density at radius 2 is 1.71 bits per heavy atom. The number of aliphatic carboxylic acids is 1. The molecule has 0 saturated heterocycles. The summed E-state index contributed by atoms with van der Waals surface area (Å²) in [5, 5.41) is 8.95. The minimum Gasteiger partial charge on any atom is -0.481 e. The zero-order valence-corrected chi connectivity index (χ0v) is 15.8. The lowest BCUT2D eigenvalue weighted by Crippen LogP contribution is -2.23. The summed E-state index contributed by atoms with van der Waals surface area (Å²) in [6.07, 6.45) is -0.00660. The topological polar surface area (TPSA) is 118 Å². The summed E-state index contributed by atoms with van der Waals surface area (Å²) < 4.78 is 24.4. The lowest BCUT2D eigenvalue weighted by Gasteiger charge is -2.21. The number of fused-ring (bicyclic) bond motifs is 1. The number of hydrogen-bond acceptors (Lipinski definition) is 5. The van der Waals surface area contributed by atoms with Crippen LogP contribution in [0.25, 0.3) is 0 Å². The molecule has 0 unspecified atom stereocenters. The lowest BCUT2D eigenvalue weighted by atomic mass is 9.81. The van der Waals surface area contributed by atoms with Crippen molar-refractivity contribution in [1.29, 1.82) is 0 Å². The Morgan fingerprint density at radius 1 is 1.04 bits per heavy atom. The van der Waals surface area contributed by atoms with Gasteiger partial charge in [0.2, 0.25) is 10.9 Å². The Morgan fingerprint density at radius 3 is 2.39 bits per heavy atom. The summed E-state index contributed by atoms with van der Waals surface area (Å²) in [5.74, 6) is -1.72. The number of benzene rings is 2. The highest BCUT2D eigenvalue weighted by Gasteiger charge is 2.32. The fourth-order valence-electron chi connectivity index (χ4n) is 3.28. The predicted octanol–water partition coefficient (Wildman–Crippen LogP) is 2.19. The van der Waals surface area contributed by atoms with Gasteiger partial charge in [-0.3, -0.25) is 19.1 Å². The van der Waals surface area contributed by atoms with E-state index in [1.54, 1.807) is 31.2 Å². The molecule has 7 nitrogen and oxygen atoms in total. The summed E-state index contributed by atoms with van der Waals surface area (Å²) in [6.45, 7) is 1.56. The summed E-state index contributed by atoms with van der Waals surface area (Å²) in [6, 6.07) is 11.2. The molecule has 144 valence electrons. The number of carboxylic acids is 1. The molecule has 0 amide bonds. The Kier molecular flexibility index (Phi) is 5.41. The van der Waals surface area contributed by atoms with Crippen LogP contribution in [0.5, 0.6) is 0 Å². The van der Waals surface area contributed by atoms with Crippen LogP contribution in [0.1, 0.15) is 38.8 Å². The molecule has 0 bridgehead atoms. The summed E-state index contributed by atoms with van der Waals surface area (Å²) >= 11 is 0.